The van der Waals surface area contributed by atoms with E-state index in [0.29, 0.717) is 36.0 Å². The number of benzene rings is 2. The Balaban J connectivity index is 2.04. The SMILES string of the molecule is CCCOc1ccc(/C=N\NC(=O)c2ccc(N(C)S(C)(=O)=O)cc2)cc1OCC. The Morgan fingerprint density at radius 3 is 2.40 bits per heavy atom. The van der Waals surface area contributed by atoms with Crippen molar-refractivity contribution < 1.29 is 22.7 Å². The van der Waals surface area contributed by atoms with Crippen molar-refractivity contribution in [3.63, 3.8) is 0 Å². The molecule has 0 bridgehead atoms. The van der Waals surface area contributed by atoms with Gasteiger partial charge in [0.15, 0.2) is 11.5 Å². The Morgan fingerprint density at radius 1 is 1.10 bits per heavy atom. The molecule has 162 valence electrons. The predicted molar refractivity (Wildman–Crippen MR) is 118 cm³/mol. The number of rotatable bonds is 10. The third-order valence-electron chi connectivity index (χ3n) is 4.10. The zero-order chi connectivity index (χ0) is 22.1. The van der Waals surface area contributed by atoms with Gasteiger partial charge in [-0.25, -0.2) is 13.8 Å². The standard InChI is InChI=1S/C21H27N3O5S/c1-5-13-29-19-12-7-16(14-20(19)28-6-2)15-22-23-21(25)17-8-10-18(11-9-17)24(3)30(4,26)27/h7-12,14-15H,5-6,13H2,1-4H3,(H,23,25)/b22-15-. The van der Waals surface area contributed by atoms with Crippen molar-refractivity contribution in [3.05, 3.63) is 53.6 Å². The van der Waals surface area contributed by atoms with Gasteiger partial charge in [0, 0.05) is 12.6 Å². The van der Waals surface area contributed by atoms with Gasteiger partial charge in [0.2, 0.25) is 10.0 Å². The van der Waals surface area contributed by atoms with Crippen LogP contribution < -0.4 is 19.2 Å². The molecule has 1 N–H and O–H groups in total. The number of hydrazone groups is 1. The summed E-state index contributed by atoms with van der Waals surface area (Å²) in [5.74, 6) is 0.874. The average molecular weight is 434 g/mol. The van der Waals surface area contributed by atoms with Crippen molar-refractivity contribution in [1.29, 1.82) is 0 Å². The van der Waals surface area contributed by atoms with Crippen LogP contribution in [0, 0.1) is 0 Å². The highest BCUT2D eigenvalue weighted by Gasteiger charge is 2.12. The van der Waals surface area contributed by atoms with E-state index in [1.807, 2.05) is 19.9 Å². The number of amides is 1. The zero-order valence-electron chi connectivity index (χ0n) is 17.6. The van der Waals surface area contributed by atoms with Gasteiger partial charge in [-0.2, -0.15) is 5.10 Å². The minimum atomic E-state index is -3.36. The molecule has 1 amide bonds. The first-order valence-corrected chi connectivity index (χ1v) is 11.4. The van der Waals surface area contributed by atoms with Crippen LogP contribution >= 0.6 is 0 Å². The molecule has 2 aromatic rings. The molecule has 2 rings (SSSR count). The number of nitrogens with zero attached hydrogens (tertiary/aromatic N) is 2. The average Bonchev–Trinajstić information content (AvgIpc) is 2.72. The van der Waals surface area contributed by atoms with Gasteiger partial charge in [-0.05, 0) is 61.4 Å². The van der Waals surface area contributed by atoms with Gasteiger partial charge in [0.1, 0.15) is 0 Å². The maximum atomic E-state index is 12.3. The fourth-order valence-corrected chi connectivity index (χ4v) is 2.95. The first kappa shape index (κ1) is 23.2. The van der Waals surface area contributed by atoms with E-state index >= 15 is 0 Å². The molecule has 0 radical (unpaired) electrons. The number of ether oxygens (including phenoxy) is 2. The summed E-state index contributed by atoms with van der Waals surface area (Å²) in [6, 6.07) is 11.6. The molecule has 0 aliphatic rings. The van der Waals surface area contributed by atoms with Crippen LogP contribution in [0.1, 0.15) is 36.2 Å². The molecule has 0 saturated heterocycles. The van der Waals surface area contributed by atoms with Crippen LogP contribution in [0.3, 0.4) is 0 Å². The normalized spacial score (nSPS) is 11.3. The number of anilines is 1. The molecule has 0 aromatic heterocycles. The predicted octanol–water partition coefficient (Wildman–Crippen LogP) is 3.03. The molecule has 0 fully saturated rings. The van der Waals surface area contributed by atoms with Gasteiger partial charge in [-0.1, -0.05) is 6.92 Å². The van der Waals surface area contributed by atoms with Crippen molar-refractivity contribution >= 4 is 27.8 Å². The summed E-state index contributed by atoms with van der Waals surface area (Å²) in [6.45, 7) is 5.03. The fourth-order valence-electron chi connectivity index (χ4n) is 2.45. The van der Waals surface area contributed by atoms with Crippen molar-refractivity contribution in [2.75, 3.05) is 30.8 Å². The second kappa shape index (κ2) is 10.6. The quantitative estimate of drug-likeness (QED) is 0.459. The Kier molecular flexibility index (Phi) is 8.23. The molecule has 8 nitrogen and oxygen atoms in total. The second-order valence-electron chi connectivity index (χ2n) is 6.46. The third kappa shape index (κ3) is 6.48. The molecule has 9 heteroatoms. The first-order valence-electron chi connectivity index (χ1n) is 9.53. The minimum absolute atomic E-state index is 0.358. The van der Waals surface area contributed by atoms with Gasteiger partial charge in [0.05, 0.1) is 31.4 Å². The summed E-state index contributed by atoms with van der Waals surface area (Å²) >= 11 is 0. The lowest BCUT2D eigenvalue weighted by Gasteiger charge is -2.16. The second-order valence-corrected chi connectivity index (χ2v) is 8.48. The summed E-state index contributed by atoms with van der Waals surface area (Å²) < 4.78 is 35.6. The lowest BCUT2D eigenvalue weighted by molar-refractivity contribution is 0.0955. The fraction of sp³-hybridized carbons (Fsp3) is 0.333. The molecule has 0 aliphatic heterocycles. The molecule has 30 heavy (non-hydrogen) atoms. The smallest absolute Gasteiger partial charge is 0.271 e. The summed E-state index contributed by atoms with van der Waals surface area (Å²) in [6.07, 6.45) is 3.52. The third-order valence-corrected chi connectivity index (χ3v) is 5.31. The number of nitrogens with one attached hydrogen (secondary N) is 1. The van der Waals surface area contributed by atoms with Crippen LogP contribution in [0.4, 0.5) is 5.69 Å². The summed E-state index contributed by atoms with van der Waals surface area (Å²) in [7, 11) is -1.91. The van der Waals surface area contributed by atoms with E-state index in [4.69, 9.17) is 9.47 Å². The van der Waals surface area contributed by atoms with Crippen LogP contribution in [0.25, 0.3) is 0 Å². The minimum Gasteiger partial charge on any atom is -0.490 e. The summed E-state index contributed by atoms with van der Waals surface area (Å²) in [4.78, 5) is 12.3. The summed E-state index contributed by atoms with van der Waals surface area (Å²) in [5, 5.41) is 3.98. The zero-order valence-corrected chi connectivity index (χ0v) is 18.4. The van der Waals surface area contributed by atoms with Gasteiger partial charge < -0.3 is 9.47 Å². The number of carbonyl (C=O) groups excluding carboxylic acids is 1. The molecule has 0 saturated carbocycles. The monoisotopic (exact) mass is 433 g/mol. The van der Waals surface area contributed by atoms with Crippen molar-refractivity contribution in [2.45, 2.75) is 20.3 Å². The van der Waals surface area contributed by atoms with Crippen molar-refractivity contribution in [3.8, 4) is 11.5 Å². The van der Waals surface area contributed by atoms with Crippen LogP contribution in [-0.4, -0.2) is 47.1 Å². The van der Waals surface area contributed by atoms with Crippen molar-refractivity contribution in [1.82, 2.24) is 5.43 Å². The largest absolute Gasteiger partial charge is 0.490 e. The van der Waals surface area contributed by atoms with Crippen LogP contribution in [-0.2, 0) is 10.0 Å². The van der Waals surface area contributed by atoms with Crippen LogP contribution in [0.5, 0.6) is 11.5 Å². The number of hydrogen-bond donors (Lipinski definition) is 1. The molecule has 2 aromatic carbocycles. The Labute approximate surface area is 177 Å². The van der Waals surface area contributed by atoms with Crippen LogP contribution in [0.15, 0.2) is 47.6 Å². The van der Waals surface area contributed by atoms with E-state index in [0.717, 1.165) is 22.5 Å². The van der Waals surface area contributed by atoms with Crippen molar-refractivity contribution in [2.24, 2.45) is 5.10 Å². The topological polar surface area (TPSA) is 97.3 Å². The van der Waals surface area contributed by atoms with E-state index in [9.17, 15) is 13.2 Å². The van der Waals surface area contributed by atoms with Gasteiger partial charge in [0.25, 0.3) is 5.91 Å². The maximum absolute atomic E-state index is 12.3. The van der Waals surface area contributed by atoms with E-state index in [-0.39, 0.29) is 0 Å². The molecule has 0 spiro atoms. The molecular weight excluding hydrogens is 406 g/mol. The van der Waals surface area contributed by atoms with Gasteiger partial charge >= 0.3 is 0 Å². The van der Waals surface area contributed by atoms with Gasteiger partial charge in [-0.3, -0.25) is 9.10 Å². The molecule has 0 atom stereocenters. The molecular formula is C21H27N3O5S. The van der Waals surface area contributed by atoms with E-state index in [1.165, 1.54) is 25.4 Å². The lowest BCUT2D eigenvalue weighted by Crippen LogP contribution is -2.25. The summed E-state index contributed by atoms with van der Waals surface area (Å²) in [5.41, 5.74) is 4.02. The lowest BCUT2D eigenvalue weighted by atomic mass is 10.2. The maximum Gasteiger partial charge on any atom is 0.271 e. The number of hydrogen-bond acceptors (Lipinski definition) is 6. The molecule has 0 heterocycles. The highest BCUT2D eigenvalue weighted by molar-refractivity contribution is 7.92. The van der Waals surface area contributed by atoms with Gasteiger partial charge in [-0.15, -0.1) is 0 Å². The first-order chi connectivity index (χ1) is 14.3. The van der Waals surface area contributed by atoms with E-state index in [1.54, 1.807) is 24.3 Å². The Hall–Kier alpha value is -3.07. The van der Waals surface area contributed by atoms with Crippen LogP contribution in [0.2, 0.25) is 0 Å². The highest BCUT2D eigenvalue weighted by atomic mass is 32.2. The van der Waals surface area contributed by atoms with E-state index < -0.39 is 15.9 Å². The molecule has 0 unspecified atom stereocenters. The Bertz CT molecular complexity index is 988. The van der Waals surface area contributed by atoms with E-state index in [2.05, 4.69) is 10.5 Å². The Morgan fingerprint density at radius 2 is 1.80 bits per heavy atom. The number of carbonyl (C=O) groups is 1. The highest BCUT2D eigenvalue weighted by Crippen LogP contribution is 2.28. The number of sulfonamides is 1. The molecule has 0 aliphatic carbocycles.